The zero-order valence-electron chi connectivity index (χ0n) is 15.5. The summed E-state index contributed by atoms with van der Waals surface area (Å²) in [7, 11) is 0. The smallest absolute Gasteiger partial charge is 0.291 e. The van der Waals surface area contributed by atoms with Crippen LogP contribution in [0.1, 0.15) is 40.6 Å². The van der Waals surface area contributed by atoms with Crippen molar-refractivity contribution < 1.29 is 26.8 Å². The van der Waals surface area contributed by atoms with Crippen LogP contribution in [0.2, 0.25) is 0 Å². The Hall–Kier alpha value is -3.21. The third kappa shape index (κ3) is 4.31. The Morgan fingerprint density at radius 3 is 2.68 bits per heavy atom. The van der Waals surface area contributed by atoms with E-state index in [1.807, 2.05) is 6.07 Å². The van der Waals surface area contributed by atoms with Gasteiger partial charge in [0.05, 0.1) is 17.7 Å². The van der Waals surface area contributed by atoms with Gasteiger partial charge < -0.3 is 9.73 Å². The van der Waals surface area contributed by atoms with Crippen molar-refractivity contribution in [1.29, 1.82) is 0 Å². The SMILES string of the molecule is O=C(Nc1ccc(Br)c2cccnc12)c1ccc(Cn2nc(C(F)F)cc2C(F)F)o1. The second kappa shape index (κ2) is 8.50. The number of aromatic nitrogens is 3. The van der Waals surface area contributed by atoms with Crippen LogP contribution in [-0.2, 0) is 6.54 Å². The molecule has 1 N–H and O–H groups in total. The molecule has 0 aliphatic rings. The van der Waals surface area contributed by atoms with Crippen LogP contribution in [0.5, 0.6) is 0 Å². The molecule has 1 amide bonds. The van der Waals surface area contributed by atoms with E-state index in [0.29, 0.717) is 17.3 Å². The molecule has 4 aromatic rings. The number of hydrogen-bond donors (Lipinski definition) is 1. The fraction of sp³-hybridized carbons (Fsp3) is 0.150. The monoisotopic (exact) mass is 496 g/mol. The lowest BCUT2D eigenvalue weighted by Crippen LogP contribution is -2.11. The normalized spacial score (nSPS) is 11.6. The number of halogens is 5. The number of amides is 1. The average Bonchev–Trinajstić information content (AvgIpc) is 3.38. The fourth-order valence-corrected chi connectivity index (χ4v) is 3.47. The lowest BCUT2D eigenvalue weighted by molar-refractivity contribution is 0.0994. The Morgan fingerprint density at radius 2 is 1.94 bits per heavy atom. The Bertz CT molecular complexity index is 1260. The van der Waals surface area contributed by atoms with Crippen LogP contribution < -0.4 is 5.32 Å². The number of furan rings is 1. The number of carbonyl (C=O) groups is 1. The number of pyridine rings is 1. The van der Waals surface area contributed by atoms with E-state index in [9.17, 15) is 22.4 Å². The highest BCUT2D eigenvalue weighted by Crippen LogP contribution is 2.29. The molecule has 0 saturated heterocycles. The quantitative estimate of drug-likeness (QED) is 0.334. The van der Waals surface area contributed by atoms with Gasteiger partial charge in [-0.25, -0.2) is 17.6 Å². The molecule has 0 saturated carbocycles. The van der Waals surface area contributed by atoms with Gasteiger partial charge in [-0.1, -0.05) is 22.0 Å². The number of rotatable bonds is 6. The molecule has 0 bridgehead atoms. The molecular weight excluding hydrogens is 484 g/mol. The van der Waals surface area contributed by atoms with Crippen LogP contribution in [0.25, 0.3) is 10.9 Å². The summed E-state index contributed by atoms with van der Waals surface area (Å²) in [5.41, 5.74) is -0.399. The molecule has 0 atom stereocenters. The Labute approximate surface area is 181 Å². The largest absolute Gasteiger partial charge is 0.454 e. The van der Waals surface area contributed by atoms with Gasteiger partial charge >= 0.3 is 0 Å². The molecule has 3 heterocycles. The summed E-state index contributed by atoms with van der Waals surface area (Å²) in [6, 6.07) is 10.4. The summed E-state index contributed by atoms with van der Waals surface area (Å²) in [5, 5.41) is 7.00. The van der Waals surface area contributed by atoms with E-state index in [-0.39, 0.29) is 18.1 Å². The predicted octanol–water partition coefficient (Wildman–Crippen LogP) is 5.96. The third-order valence-corrected chi connectivity index (χ3v) is 5.12. The Morgan fingerprint density at radius 1 is 1.13 bits per heavy atom. The summed E-state index contributed by atoms with van der Waals surface area (Å²) in [6.45, 7) is -0.331. The molecule has 3 aromatic heterocycles. The van der Waals surface area contributed by atoms with Crippen LogP contribution in [0, 0.1) is 0 Å². The molecule has 0 aliphatic heterocycles. The number of benzene rings is 1. The van der Waals surface area contributed by atoms with Crippen molar-refractivity contribution in [1.82, 2.24) is 14.8 Å². The molecule has 0 radical (unpaired) electrons. The van der Waals surface area contributed by atoms with Crippen LogP contribution in [0.4, 0.5) is 23.2 Å². The molecule has 11 heteroatoms. The first-order valence-corrected chi connectivity index (χ1v) is 9.70. The minimum absolute atomic E-state index is 0.0816. The maximum Gasteiger partial charge on any atom is 0.291 e. The molecule has 31 heavy (non-hydrogen) atoms. The number of alkyl halides is 4. The van der Waals surface area contributed by atoms with Crippen molar-refractivity contribution in [3.05, 3.63) is 76.0 Å². The van der Waals surface area contributed by atoms with Gasteiger partial charge in [-0.3, -0.25) is 14.5 Å². The maximum absolute atomic E-state index is 13.1. The zero-order valence-corrected chi connectivity index (χ0v) is 17.1. The van der Waals surface area contributed by atoms with Gasteiger partial charge in [-0.05, 0) is 36.4 Å². The van der Waals surface area contributed by atoms with Crippen LogP contribution >= 0.6 is 15.9 Å². The first-order chi connectivity index (χ1) is 14.8. The first-order valence-electron chi connectivity index (χ1n) is 8.90. The Kier molecular flexibility index (Phi) is 5.77. The van der Waals surface area contributed by atoms with Gasteiger partial charge in [0, 0.05) is 16.1 Å². The van der Waals surface area contributed by atoms with Gasteiger partial charge in [-0.2, -0.15) is 5.10 Å². The molecule has 4 rings (SSSR count). The predicted molar refractivity (Wildman–Crippen MR) is 107 cm³/mol. The minimum atomic E-state index is -2.99. The molecule has 0 unspecified atom stereocenters. The van der Waals surface area contributed by atoms with Gasteiger partial charge in [-0.15, -0.1) is 0 Å². The highest BCUT2D eigenvalue weighted by molar-refractivity contribution is 9.10. The van der Waals surface area contributed by atoms with Crippen molar-refractivity contribution in [2.24, 2.45) is 0 Å². The molecular formula is C20H13BrF4N4O2. The molecule has 0 aliphatic carbocycles. The number of nitrogens with zero attached hydrogens (tertiary/aromatic N) is 3. The van der Waals surface area contributed by atoms with Gasteiger partial charge in [0.25, 0.3) is 18.8 Å². The summed E-state index contributed by atoms with van der Waals surface area (Å²) in [5.74, 6) is -0.556. The molecule has 0 spiro atoms. The van der Waals surface area contributed by atoms with Crippen LogP contribution in [0.3, 0.4) is 0 Å². The van der Waals surface area contributed by atoms with Crippen molar-refractivity contribution in [3.63, 3.8) is 0 Å². The van der Waals surface area contributed by atoms with E-state index in [0.717, 1.165) is 14.5 Å². The second-order valence-electron chi connectivity index (χ2n) is 6.47. The van der Waals surface area contributed by atoms with Crippen molar-refractivity contribution >= 4 is 38.4 Å². The average molecular weight is 497 g/mol. The molecule has 0 fully saturated rings. The highest BCUT2D eigenvalue weighted by Gasteiger charge is 2.22. The fourth-order valence-electron chi connectivity index (χ4n) is 3.02. The first kappa shape index (κ1) is 21.0. The third-order valence-electron chi connectivity index (χ3n) is 4.43. The topological polar surface area (TPSA) is 73.0 Å². The van der Waals surface area contributed by atoms with E-state index >= 15 is 0 Å². The summed E-state index contributed by atoms with van der Waals surface area (Å²) in [4.78, 5) is 16.9. The van der Waals surface area contributed by atoms with Crippen LogP contribution in [0.15, 0.2) is 57.6 Å². The van der Waals surface area contributed by atoms with E-state index in [2.05, 4.69) is 31.3 Å². The van der Waals surface area contributed by atoms with Gasteiger partial charge in [0.2, 0.25) is 0 Å². The van der Waals surface area contributed by atoms with E-state index in [1.165, 1.54) is 12.1 Å². The summed E-state index contributed by atoms with van der Waals surface area (Å²) < 4.78 is 58.9. The van der Waals surface area contributed by atoms with Gasteiger partial charge in [0.15, 0.2) is 5.76 Å². The number of anilines is 1. The van der Waals surface area contributed by atoms with E-state index < -0.39 is 30.1 Å². The van der Waals surface area contributed by atoms with E-state index in [4.69, 9.17) is 4.42 Å². The molecule has 6 nitrogen and oxygen atoms in total. The standard InChI is InChI=1S/C20H13BrF4N4O2/c21-12-4-5-13(17-11(12)2-1-7-26-17)27-20(30)16-6-3-10(31-16)9-29-15(19(24)25)8-14(28-29)18(22)23/h1-8,18-19H,9H2,(H,27,30). The minimum Gasteiger partial charge on any atom is -0.454 e. The maximum atomic E-state index is 13.1. The summed E-state index contributed by atoms with van der Waals surface area (Å²) in [6.07, 6.45) is -4.38. The van der Waals surface area contributed by atoms with Gasteiger partial charge in [0.1, 0.15) is 17.1 Å². The van der Waals surface area contributed by atoms with E-state index in [1.54, 1.807) is 24.4 Å². The number of nitrogens with one attached hydrogen (secondary N) is 1. The molecule has 1 aromatic carbocycles. The highest BCUT2D eigenvalue weighted by atomic mass is 79.9. The lowest BCUT2D eigenvalue weighted by Gasteiger charge is -2.08. The summed E-state index contributed by atoms with van der Waals surface area (Å²) >= 11 is 3.42. The number of fused-ring (bicyclic) bond motifs is 1. The second-order valence-corrected chi connectivity index (χ2v) is 7.32. The van der Waals surface area contributed by atoms with Crippen molar-refractivity contribution in [2.75, 3.05) is 5.32 Å². The lowest BCUT2D eigenvalue weighted by atomic mass is 10.2. The molecule has 160 valence electrons. The zero-order chi connectivity index (χ0) is 22.1. The Balaban J connectivity index is 1.55. The van der Waals surface area contributed by atoms with Crippen molar-refractivity contribution in [3.8, 4) is 0 Å². The number of hydrogen-bond acceptors (Lipinski definition) is 4. The van der Waals surface area contributed by atoms with Crippen molar-refractivity contribution in [2.45, 2.75) is 19.4 Å². The van der Waals surface area contributed by atoms with Crippen LogP contribution in [-0.4, -0.2) is 20.7 Å². The number of carbonyl (C=O) groups excluding carboxylic acids is 1.